The van der Waals surface area contributed by atoms with E-state index in [-0.39, 0.29) is 30.7 Å². The molecule has 0 radical (unpaired) electrons. The van der Waals surface area contributed by atoms with Gasteiger partial charge in [0.25, 0.3) is 5.91 Å². The predicted molar refractivity (Wildman–Crippen MR) is 116 cm³/mol. The lowest BCUT2D eigenvalue weighted by Gasteiger charge is -2.26. The summed E-state index contributed by atoms with van der Waals surface area (Å²) in [7, 11) is 0. The van der Waals surface area contributed by atoms with Crippen LogP contribution in [0, 0.1) is 6.92 Å². The molecule has 0 atom stereocenters. The molecule has 28 heavy (non-hydrogen) atoms. The van der Waals surface area contributed by atoms with E-state index in [0.29, 0.717) is 17.9 Å². The Morgan fingerprint density at radius 3 is 2.54 bits per heavy atom. The number of hydrogen-bond acceptors (Lipinski definition) is 5. The highest BCUT2D eigenvalue weighted by molar-refractivity contribution is 5.93. The molecule has 3 aromatic rings. The highest BCUT2D eigenvalue weighted by Gasteiger charge is 2.24. The molecule has 9 heteroatoms. The number of fused-ring (bicyclic) bond motifs is 1. The smallest absolute Gasteiger partial charge is 0.273 e. The number of carbonyl (C=O) groups excluding carboxylic acids is 1. The summed E-state index contributed by atoms with van der Waals surface area (Å²) >= 11 is 0. The fourth-order valence-electron chi connectivity index (χ4n) is 2.87. The summed E-state index contributed by atoms with van der Waals surface area (Å²) in [5.74, 6) is -0.265. The lowest BCUT2D eigenvalue weighted by Crippen LogP contribution is -2.49. The summed E-state index contributed by atoms with van der Waals surface area (Å²) in [6, 6.07) is 9.72. The van der Waals surface area contributed by atoms with Gasteiger partial charge in [0.15, 0.2) is 5.69 Å². The van der Waals surface area contributed by atoms with Crippen LogP contribution in [0.1, 0.15) is 42.9 Å². The molecule has 0 aliphatic heterocycles. The molecule has 2 heterocycles. The van der Waals surface area contributed by atoms with Crippen LogP contribution in [0.4, 0.5) is 0 Å². The molecule has 152 valence electrons. The van der Waals surface area contributed by atoms with Gasteiger partial charge in [-0.1, -0.05) is 37.3 Å². The number of para-hydroxylation sites is 1. The van der Waals surface area contributed by atoms with Crippen molar-refractivity contribution in [3.05, 3.63) is 47.9 Å². The van der Waals surface area contributed by atoms with Gasteiger partial charge in [0.2, 0.25) is 0 Å². The Morgan fingerprint density at radius 1 is 1.18 bits per heavy atom. The SMILES string of the molecule is CCC(N)(CC)CNC(=O)c1nnn(-c2cccc3cccnc23)c1C.Cl.Cl. The van der Waals surface area contributed by atoms with Gasteiger partial charge in [-0.05, 0) is 31.9 Å². The van der Waals surface area contributed by atoms with Crippen molar-refractivity contribution in [2.45, 2.75) is 39.2 Å². The summed E-state index contributed by atoms with van der Waals surface area (Å²) in [5.41, 5.74) is 8.42. The molecule has 2 aromatic heterocycles. The molecule has 0 unspecified atom stereocenters. The van der Waals surface area contributed by atoms with Crippen molar-refractivity contribution in [3.63, 3.8) is 0 Å². The normalized spacial score (nSPS) is 10.9. The summed E-state index contributed by atoms with van der Waals surface area (Å²) < 4.78 is 1.65. The summed E-state index contributed by atoms with van der Waals surface area (Å²) in [6.45, 7) is 6.27. The van der Waals surface area contributed by atoms with Crippen molar-refractivity contribution in [3.8, 4) is 5.69 Å². The van der Waals surface area contributed by atoms with Crippen molar-refractivity contribution < 1.29 is 4.79 Å². The largest absolute Gasteiger partial charge is 0.349 e. The third-order valence-corrected chi connectivity index (χ3v) is 4.96. The molecular formula is C19H26Cl2N6O. The number of nitrogens with one attached hydrogen (secondary N) is 1. The Balaban J connectivity index is 0.00000196. The summed E-state index contributed by atoms with van der Waals surface area (Å²) in [5, 5.41) is 12.2. The van der Waals surface area contributed by atoms with Gasteiger partial charge in [-0.2, -0.15) is 0 Å². The molecule has 0 saturated heterocycles. The van der Waals surface area contributed by atoms with E-state index in [1.807, 2.05) is 51.1 Å². The number of halogens is 2. The van der Waals surface area contributed by atoms with Crippen LogP contribution >= 0.6 is 24.8 Å². The van der Waals surface area contributed by atoms with Gasteiger partial charge in [0.1, 0.15) is 0 Å². The van der Waals surface area contributed by atoms with E-state index in [1.165, 1.54) is 0 Å². The molecule has 3 rings (SSSR count). The quantitative estimate of drug-likeness (QED) is 0.632. The number of benzene rings is 1. The molecule has 1 amide bonds. The fourth-order valence-corrected chi connectivity index (χ4v) is 2.87. The molecule has 0 fully saturated rings. The van der Waals surface area contributed by atoms with Gasteiger partial charge in [-0.15, -0.1) is 29.9 Å². The molecular weight excluding hydrogens is 399 g/mol. The van der Waals surface area contributed by atoms with Gasteiger partial charge in [0.05, 0.1) is 16.9 Å². The van der Waals surface area contributed by atoms with Crippen LogP contribution in [0.3, 0.4) is 0 Å². The van der Waals surface area contributed by atoms with Crippen LogP contribution in [-0.2, 0) is 0 Å². The summed E-state index contributed by atoms with van der Waals surface area (Å²) in [4.78, 5) is 17.0. The van der Waals surface area contributed by atoms with Crippen LogP contribution in [-0.4, -0.2) is 38.0 Å². The number of nitrogens with two attached hydrogens (primary N) is 1. The first kappa shape index (κ1) is 23.8. The van der Waals surface area contributed by atoms with Gasteiger partial charge >= 0.3 is 0 Å². The average Bonchev–Trinajstić information content (AvgIpc) is 3.06. The van der Waals surface area contributed by atoms with E-state index in [2.05, 4.69) is 20.6 Å². The van der Waals surface area contributed by atoms with E-state index in [1.54, 1.807) is 10.9 Å². The van der Waals surface area contributed by atoms with E-state index in [4.69, 9.17) is 5.73 Å². The third-order valence-electron chi connectivity index (χ3n) is 4.96. The lowest BCUT2D eigenvalue weighted by molar-refractivity contribution is 0.0936. The molecule has 0 spiro atoms. The van der Waals surface area contributed by atoms with Crippen LogP contribution in [0.25, 0.3) is 16.6 Å². The van der Waals surface area contributed by atoms with Crippen molar-refractivity contribution in [1.29, 1.82) is 0 Å². The van der Waals surface area contributed by atoms with E-state index >= 15 is 0 Å². The minimum absolute atomic E-state index is 0. The summed E-state index contributed by atoms with van der Waals surface area (Å²) in [6.07, 6.45) is 3.32. The molecule has 0 saturated carbocycles. The monoisotopic (exact) mass is 424 g/mol. The minimum Gasteiger partial charge on any atom is -0.349 e. The Hall–Kier alpha value is -2.22. The van der Waals surface area contributed by atoms with E-state index in [0.717, 1.165) is 29.4 Å². The first-order valence-corrected chi connectivity index (χ1v) is 8.82. The second-order valence-corrected chi connectivity index (χ2v) is 6.54. The Labute approximate surface area is 176 Å². The van der Waals surface area contributed by atoms with Crippen molar-refractivity contribution >= 4 is 41.6 Å². The maximum atomic E-state index is 12.6. The number of amides is 1. The van der Waals surface area contributed by atoms with Crippen molar-refractivity contribution in [1.82, 2.24) is 25.3 Å². The second-order valence-electron chi connectivity index (χ2n) is 6.54. The van der Waals surface area contributed by atoms with Crippen molar-refractivity contribution in [2.24, 2.45) is 5.73 Å². The van der Waals surface area contributed by atoms with Crippen LogP contribution in [0.15, 0.2) is 36.5 Å². The fraction of sp³-hybridized carbons (Fsp3) is 0.368. The number of hydrogen-bond donors (Lipinski definition) is 2. The molecule has 7 nitrogen and oxygen atoms in total. The Kier molecular flexibility index (Phi) is 8.35. The Bertz CT molecular complexity index is 934. The van der Waals surface area contributed by atoms with Gasteiger partial charge in [0, 0.05) is 23.7 Å². The van der Waals surface area contributed by atoms with Crippen molar-refractivity contribution in [2.75, 3.05) is 6.54 Å². The maximum Gasteiger partial charge on any atom is 0.273 e. The van der Waals surface area contributed by atoms with Crippen LogP contribution in [0.5, 0.6) is 0 Å². The number of carbonyl (C=O) groups is 1. The zero-order valence-corrected chi connectivity index (χ0v) is 17.8. The molecule has 0 aliphatic carbocycles. The molecule has 0 bridgehead atoms. The average molecular weight is 425 g/mol. The third kappa shape index (κ3) is 4.60. The highest BCUT2D eigenvalue weighted by Crippen LogP contribution is 2.21. The first-order chi connectivity index (χ1) is 12.5. The van der Waals surface area contributed by atoms with Gasteiger partial charge < -0.3 is 11.1 Å². The van der Waals surface area contributed by atoms with Gasteiger partial charge in [-0.3, -0.25) is 9.78 Å². The highest BCUT2D eigenvalue weighted by atomic mass is 35.5. The van der Waals surface area contributed by atoms with Gasteiger partial charge in [-0.25, -0.2) is 4.68 Å². The molecule has 1 aromatic carbocycles. The molecule has 3 N–H and O–H groups in total. The minimum atomic E-state index is -0.404. The number of rotatable bonds is 6. The zero-order valence-electron chi connectivity index (χ0n) is 16.2. The van der Waals surface area contributed by atoms with E-state index in [9.17, 15) is 4.79 Å². The number of pyridine rings is 1. The number of aromatic nitrogens is 4. The second kappa shape index (κ2) is 9.82. The van der Waals surface area contributed by atoms with E-state index < -0.39 is 5.54 Å². The number of nitrogens with zero attached hydrogens (tertiary/aromatic N) is 4. The Morgan fingerprint density at radius 2 is 1.86 bits per heavy atom. The van der Waals surface area contributed by atoms with Crippen LogP contribution in [0.2, 0.25) is 0 Å². The standard InChI is InChI=1S/C19H24N6O.2ClH/c1-4-19(20,5-2)12-22-18(26)16-13(3)25(24-23-16)15-10-6-8-14-9-7-11-21-17(14)15;;/h6-11H,4-5,12,20H2,1-3H3,(H,22,26);2*1H. The predicted octanol–water partition coefficient (Wildman–Crippen LogP) is 3.21. The maximum absolute atomic E-state index is 12.6. The molecule has 0 aliphatic rings. The van der Waals surface area contributed by atoms with Crippen LogP contribution < -0.4 is 11.1 Å². The lowest BCUT2D eigenvalue weighted by atomic mass is 9.94. The zero-order chi connectivity index (χ0) is 18.7. The first-order valence-electron chi connectivity index (χ1n) is 8.82. The topological polar surface area (TPSA) is 98.7 Å².